The van der Waals surface area contributed by atoms with Crippen LogP contribution in [-0.4, -0.2) is 61.9 Å². The van der Waals surface area contributed by atoms with Crippen molar-refractivity contribution in [3.05, 3.63) is 29.3 Å². The Bertz CT molecular complexity index is 821. The highest BCUT2D eigenvalue weighted by Gasteiger charge is 2.29. The molecule has 1 N–H and O–H groups in total. The highest BCUT2D eigenvalue weighted by molar-refractivity contribution is 7.91. The molecule has 2 rings (SSSR count). The molecule has 7 nitrogen and oxygen atoms in total. The van der Waals surface area contributed by atoms with Crippen molar-refractivity contribution >= 4 is 21.7 Å². The molecule has 1 aliphatic heterocycles. The van der Waals surface area contributed by atoms with Crippen molar-refractivity contribution in [3.8, 4) is 5.75 Å². The number of benzene rings is 1. The zero-order valence-electron chi connectivity index (χ0n) is 17.2. The number of ether oxygens (including phenoxy) is 1. The van der Waals surface area contributed by atoms with Crippen LogP contribution in [0.4, 0.5) is 0 Å². The number of carbonyl (C=O) groups is 2. The number of aryl methyl sites for hydroxylation is 1. The van der Waals surface area contributed by atoms with E-state index >= 15 is 0 Å². The maximum atomic E-state index is 12.5. The molecule has 1 aromatic carbocycles. The summed E-state index contributed by atoms with van der Waals surface area (Å²) in [6, 6.07) is 5.16. The molecule has 0 saturated carbocycles. The number of hydrogen-bond donors (Lipinski definition) is 1. The molecule has 1 heterocycles. The Balaban J connectivity index is 1.97. The number of rotatable bonds is 6. The van der Waals surface area contributed by atoms with E-state index in [0.717, 1.165) is 11.1 Å². The fraction of sp³-hybridized carbons (Fsp3) is 0.600. The van der Waals surface area contributed by atoms with Crippen molar-refractivity contribution in [2.24, 2.45) is 0 Å². The third-order valence-corrected chi connectivity index (χ3v) is 6.46. The van der Waals surface area contributed by atoms with Crippen LogP contribution in [0.2, 0.25) is 0 Å². The standard InChI is InChI=1S/C20H30N2O5S/c1-13(2)17-7-6-14(3)12-18(17)27-16(5)19(23)21-15(4)20(24)22-8-10-28(25,26)11-9-22/h6-7,12-13,15-16H,8-11H2,1-5H3,(H,21,23). The van der Waals surface area contributed by atoms with E-state index in [4.69, 9.17) is 4.74 Å². The van der Waals surface area contributed by atoms with Crippen LogP contribution < -0.4 is 10.1 Å². The number of amides is 2. The van der Waals surface area contributed by atoms with Gasteiger partial charge < -0.3 is 15.0 Å². The van der Waals surface area contributed by atoms with E-state index < -0.39 is 22.0 Å². The van der Waals surface area contributed by atoms with Crippen LogP contribution in [0.1, 0.15) is 44.7 Å². The van der Waals surface area contributed by atoms with Crippen LogP contribution in [0.5, 0.6) is 5.75 Å². The molecule has 2 atom stereocenters. The smallest absolute Gasteiger partial charge is 0.261 e. The van der Waals surface area contributed by atoms with Gasteiger partial charge in [-0.05, 0) is 43.9 Å². The average Bonchev–Trinajstić information content (AvgIpc) is 2.60. The fourth-order valence-corrected chi connectivity index (χ4v) is 4.26. The lowest BCUT2D eigenvalue weighted by molar-refractivity contribution is -0.137. The van der Waals surface area contributed by atoms with E-state index in [1.54, 1.807) is 13.8 Å². The molecular formula is C20H30N2O5S. The van der Waals surface area contributed by atoms with Crippen molar-refractivity contribution in [3.63, 3.8) is 0 Å². The molecule has 2 amide bonds. The second-order valence-electron chi connectivity index (χ2n) is 7.66. The summed E-state index contributed by atoms with van der Waals surface area (Å²) < 4.78 is 28.9. The molecule has 1 saturated heterocycles. The second-order valence-corrected chi connectivity index (χ2v) is 9.97. The van der Waals surface area contributed by atoms with Crippen molar-refractivity contribution in [2.45, 2.75) is 52.7 Å². The van der Waals surface area contributed by atoms with Gasteiger partial charge in [0.1, 0.15) is 11.8 Å². The average molecular weight is 411 g/mol. The maximum Gasteiger partial charge on any atom is 0.261 e. The fourth-order valence-electron chi connectivity index (χ4n) is 3.06. The minimum Gasteiger partial charge on any atom is -0.481 e. The van der Waals surface area contributed by atoms with E-state index in [9.17, 15) is 18.0 Å². The van der Waals surface area contributed by atoms with Crippen molar-refractivity contribution in [1.29, 1.82) is 0 Å². The number of carbonyl (C=O) groups excluding carboxylic acids is 2. The predicted molar refractivity (Wildman–Crippen MR) is 108 cm³/mol. The van der Waals surface area contributed by atoms with Crippen LogP contribution in [0, 0.1) is 6.92 Å². The molecule has 0 aliphatic carbocycles. The van der Waals surface area contributed by atoms with E-state index in [1.807, 2.05) is 25.1 Å². The first-order chi connectivity index (χ1) is 13.0. The normalized spacial score (nSPS) is 18.4. The summed E-state index contributed by atoms with van der Waals surface area (Å²) in [6.45, 7) is 9.64. The van der Waals surface area contributed by atoms with Crippen LogP contribution in [0.15, 0.2) is 18.2 Å². The summed E-state index contributed by atoms with van der Waals surface area (Å²) in [4.78, 5) is 26.5. The lowest BCUT2D eigenvalue weighted by Crippen LogP contribution is -2.53. The van der Waals surface area contributed by atoms with Gasteiger partial charge in [-0.1, -0.05) is 26.0 Å². The first-order valence-corrected chi connectivity index (χ1v) is 11.4. The van der Waals surface area contributed by atoms with Crippen LogP contribution in [0.3, 0.4) is 0 Å². The minimum absolute atomic E-state index is 0.0374. The molecule has 0 spiro atoms. The number of hydrogen-bond acceptors (Lipinski definition) is 5. The predicted octanol–water partition coefficient (Wildman–Crippen LogP) is 1.65. The Hall–Kier alpha value is -2.09. The monoisotopic (exact) mass is 410 g/mol. The van der Waals surface area contributed by atoms with Crippen LogP contribution in [-0.2, 0) is 19.4 Å². The molecule has 1 fully saturated rings. The number of nitrogens with zero attached hydrogens (tertiary/aromatic N) is 1. The molecule has 0 bridgehead atoms. The Labute approximate surface area is 167 Å². The molecule has 8 heteroatoms. The van der Waals surface area contributed by atoms with Crippen molar-refractivity contribution < 1.29 is 22.7 Å². The molecule has 156 valence electrons. The van der Waals surface area contributed by atoms with Crippen LogP contribution in [0.25, 0.3) is 0 Å². The summed E-state index contributed by atoms with van der Waals surface area (Å²) >= 11 is 0. The second kappa shape index (κ2) is 8.94. The highest BCUT2D eigenvalue weighted by Crippen LogP contribution is 2.28. The Morgan fingerprint density at radius 1 is 1.11 bits per heavy atom. The molecule has 1 aliphatic rings. The van der Waals surface area contributed by atoms with Gasteiger partial charge >= 0.3 is 0 Å². The van der Waals surface area contributed by atoms with Gasteiger partial charge in [0.05, 0.1) is 11.5 Å². The van der Waals surface area contributed by atoms with Crippen molar-refractivity contribution in [1.82, 2.24) is 10.2 Å². The van der Waals surface area contributed by atoms with Crippen LogP contribution >= 0.6 is 0 Å². The van der Waals surface area contributed by atoms with Gasteiger partial charge in [0.25, 0.3) is 5.91 Å². The molecular weight excluding hydrogens is 380 g/mol. The molecule has 0 radical (unpaired) electrons. The van der Waals surface area contributed by atoms with Crippen molar-refractivity contribution in [2.75, 3.05) is 24.6 Å². The summed E-state index contributed by atoms with van der Waals surface area (Å²) in [6.07, 6.45) is -0.767. The van der Waals surface area contributed by atoms with Gasteiger partial charge in [0, 0.05) is 13.1 Å². The number of nitrogens with one attached hydrogen (secondary N) is 1. The minimum atomic E-state index is -3.06. The van der Waals surface area contributed by atoms with E-state index in [0.29, 0.717) is 5.75 Å². The van der Waals surface area contributed by atoms with E-state index in [-0.39, 0.29) is 42.3 Å². The maximum absolute atomic E-state index is 12.5. The SMILES string of the molecule is Cc1ccc(C(C)C)c(OC(C)C(=O)NC(C)C(=O)N2CCS(=O)(=O)CC2)c1. The van der Waals surface area contributed by atoms with E-state index in [1.165, 1.54) is 4.90 Å². The Kier molecular flexibility index (Phi) is 7.09. The lowest BCUT2D eigenvalue weighted by atomic mass is 10.0. The zero-order chi connectivity index (χ0) is 21.1. The van der Waals surface area contributed by atoms with Gasteiger partial charge in [0.15, 0.2) is 15.9 Å². The quantitative estimate of drug-likeness (QED) is 0.770. The third-order valence-electron chi connectivity index (χ3n) is 4.85. The molecule has 28 heavy (non-hydrogen) atoms. The third kappa shape index (κ3) is 5.70. The first kappa shape index (κ1) is 22.2. The summed E-state index contributed by atoms with van der Waals surface area (Å²) in [5.74, 6) is 0.171. The van der Waals surface area contributed by atoms with Gasteiger partial charge in [-0.2, -0.15) is 0 Å². The molecule has 0 aromatic heterocycles. The largest absolute Gasteiger partial charge is 0.481 e. The topological polar surface area (TPSA) is 92.8 Å². The lowest BCUT2D eigenvalue weighted by Gasteiger charge is -2.29. The number of sulfone groups is 1. The Morgan fingerprint density at radius 2 is 1.71 bits per heavy atom. The van der Waals surface area contributed by atoms with Gasteiger partial charge in [0.2, 0.25) is 5.91 Å². The molecule has 1 aromatic rings. The molecule has 2 unspecified atom stereocenters. The summed E-state index contributed by atoms with van der Waals surface area (Å²) in [5.41, 5.74) is 2.06. The zero-order valence-corrected chi connectivity index (χ0v) is 18.0. The van der Waals surface area contributed by atoms with Gasteiger partial charge in [-0.25, -0.2) is 8.42 Å². The Morgan fingerprint density at radius 3 is 2.29 bits per heavy atom. The van der Waals surface area contributed by atoms with Gasteiger partial charge in [-0.15, -0.1) is 0 Å². The van der Waals surface area contributed by atoms with Gasteiger partial charge in [-0.3, -0.25) is 9.59 Å². The summed E-state index contributed by atoms with van der Waals surface area (Å²) in [7, 11) is -3.06. The first-order valence-electron chi connectivity index (χ1n) is 9.57. The summed E-state index contributed by atoms with van der Waals surface area (Å²) in [5, 5.41) is 2.68. The highest BCUT2D eigenvalue weighted by atomic mass is 32.2. The van der Waals surface area contributed by atoms with E-state index in [2.05, 4.69) is 19.2 Å².